The minimum atomic E-state index is -1.32. The molecule has 1 unspecified atom stereocenters. The summed E-state index contributed by atoms with van der Waals surface area (Å²) in [6.07, 6.45) is 1.37. The highest BCUT2D eigenvalue weighted by molar-refractivity contribution is 5.85. The molecule has 0 aliphatic heterocycles. The van der Waals surface area contributed by atoms with Crippen molar-refractivity contribution in [2.24, 2.45) is 5.73 Å². The Morgan fingerprint density at radius 1 is 0.966 bits per heavy atom. The molecule has 7 heteroatoms. The molecular weight excluding hydrogens is 374 g/mol. The summed E-state index contributed by atoms with van der Waals surface area (Å²) in [5, 5.41) is 19.3. The quantitative estimate of drug-likeness (QED) is 0.509. The highest BCUT2D eigenvalue weighted by Gasteiger charge is 2.39. The van der Waals surface area contributed by atoms with Gasteiger partial charge in [-0.05, 0) is 63.6 Å². The largest absolute Gasteiger partial charge is 0.481 e. The van der Waals surface area contributed by atoms with E-state index in [-0.39, 0.29) is 12.5 Å². The van der Waals surface area contributed by atoms with E-state index in [9.17, 15) is 24.6 Å². The number of hydrogen-bond donors (Lipinski definition) is 3. The fourth-order valence-corrected chi connectivity index (χ4v) is 3.06. The number of carbonyl (C=O) groups excluding carboxylic acids is 1. The number of carboxylic acids is 2. The molecule has 0 aromatic heterocycles. The number of esters is 1. The van der Waals surface area contributed by atoms with Crippen LogP contribution in [0.5, 0.6) is 0 Å². The van der Waals surface area contributed by atoms with Crippen molar-refractivity contribution in [1.29, 1.82) is 0 Å². The molecule has 0 saturated carbocycles. The van der Waals surface area contributed by atoms with Crippen LogP contribution in [0, 0.1) is 0 Å². The van der Waals surface area contributed by atoms with Gasteiger partial charge in [0.2, 0.25) is 0 Å². The summed E-state index contributed by atoms with van der Waals surface area (Å²) >= 11 is 0. The summed E-state index contributed by atoms with van der Waals surface area (Å²) < 4.78 is 5.39. The lowest BCUT2D eigenvalue weighted by Gasteiger charge is -2.30. The van der Waals surface area contributed by atoms with Crippen molar-refractivity contribution in [1.82, 2.24) is 0 Å². The Balaban J connectivity index is 3.31. The van der Waals surface area contributed by atoms with E-state index in [1.165, 1.54) is 27.7 Å². The van der Waals surface area contributed by atoms with E-state index in [0.717, 1.165) is 0 Å². The van der Waals surface area contributed by atoms with Crippen LogP contribution in [0.15, 0.2) is 18.2 Å². The molecule has 0 heterocycles. The first-order chi connectivity index (χ1) is 13.3. The number of hydrogen-bond acceptors (Lipinski definition) is 5. The maximum Gasteiger partial charge on any atom is 0.323 e. The molecule has 0 saturated heterocycles. The van der Waals surface area contributed by atoms with Gasteiger partial charge in [-0.25, -0.2) is 0 Å². The minimum Gasteiger partial charge on any atom is -0.481 e. The average Bonchev–Trinajstić information content (AvgIpc) is 2.65. The number of carboxylic acid groups (broad SMARTS) is 2. The van der Waals surface area contributed by atoms with Gasteiger partial charge in [0.1, 0.15) is 12.1 Å². The van der Waals surface area contributed by atoms with E-state index in [4.69, 9.17) is 10.5 Å². The van der Waals surface area contributed by atoms with Crippen molar-refractivity contribution < 1.29 is 29.3 Å². The van der Waals surface area contributed by atoms with Crippen molar-refractivity contribution in [3.05, 3.63) is 34.9 Å². The second kappa shape index (κ2) is 9.39. The Morgan fingerprint density at radius 3 is 1.90 bits per heavy atom. The zero-order valence-corrected chi connectivity index (χ0v) is 18.1. The molecule has 7 nitrogen and oxygen atoms in total. The molecule has 0 fully saturated rings. The molecule has 4 N–H and O–H groups in total. The molecular formula is C22H33NO6. The molecule has 0 aliphatic rings. The number of ether oxygens (including phenoxy) is 1. The third-order valence-corrected chi connectivity index (χ3v) is 5.45. The number of benzene rings is 1. The Hall–Kier alpha value is -2.41. The molecule has 0 amide bonds. The van der Waals surface area contributed by atoms with Crippen LogP contribution >= 0.6 is 0 Å². The van der Waals surface area contributed by atoms with Crippen LogP contribution in [0.1, 0.15) is 71.1 Å². The molecule has 1 atom stereocenters. The Bertz CT molecular complexity index is 765. The normalized spacial score (nSPS) is 13.2. The average molecular weight is 408 g/mol. The SMILES string of the molecule is CCC(CC)OC(=O)C(N)Cc1ccc(C(C)(C)C(=O)O)c(C(C)(C)C(=O)O)c1. The molecule has 0 spiro atoms. The van der Waals surface area contributed by atoms with Crippen LogP contribution in [0.3, 0.4) is 0 Å². The Labute approximate surface area is 172 Å². The van der Waals surface area contributed by atoms with Gasteiger partial charge in [0, 0.05) is 0 Å². The molecule has 1 aromatic rings. The number of nitrogens with two attached hydrogens (primary N) is 1. The van der Waals surface area contributed by atoms with E-state index >= 15 is 0 Å². The second-order valence-electron chi connectivity index (χ2n) is 8.43. The summed E-state index contributed by atoms with van der Waals surface area (Å²) in [4.78, 5) is 35.9. The van der Waals surface area contributed by atoms with Crippen LogP contribution in [-0.2, 0) is 36.4 Å². The lowest BCUT2D eigenvalue weighted by molar-refractivity contribution is -0.151. The topological polar surface area (TPSA) is 127 Å². The summed E-state index contributed by atoms with van der Waals surface area (Å²) in [5.41, 5.74) is 4.85. The molecule has 1 rings (SSSR count). The van der Waals surface area contributed by atoms with Crippen molar-refractivity contribution in [3.8, 4) is 0 Å². The fourth-order valence-electron chi connectivity index (χ4n) is 3.06. The van der Waals surface area contributed by atoms with E-state index in [1.54, 1.807) is 18.2 Å². The van der Waals surface area contributed by atoms with E-state index in [1.807, 2.05) is 13.8 Å². The lowest BCUT2D eigenvalue weighted by atomic mass is 9.72. The summed E-state index contributed by atoms with van der Waals surface area (Å²) in [7, 11) is 0. The van der Waals surface area contributed by atoms with E-state index in [2.05, 4.69) is 0 Å². The summed E-state index contributed by atoms with van der Waals surface area (Å²) in [6, 6.07) is 4.04. The van der Waals surface area contributed by atoms with Crippen molar-refractivity contribution in [2.75, 3.05) is 0 Å². The summed E-state index contributed by atoms with van der Waals surface area (Å²) in [5.74, 6) is -2.64. The van der Waals surface area contributed by atoms with Gasteiger partial charge in [0.25, 0.3) is 0 Å². The second-order valence-corrected chi connectivity index (χ2v) is 8.43. The van der Waals surface area contributed by atoms with E-state index < -0.39 is 34.8 Å². The van der Waals surface area contributed by atoms with Crippen molar-refractivity contribution in [3.63, 3.8) is 0 Å². The lowest BCUT2D eigenvalue weighted by Crippen LogP contribution is -2.38. The predicted octanol–water partition coefficient (Wildman–Crippen LogP) is 3.01. The van der Waals surface area contributed by atoms with Gasteiger partial charge >= 0.3 is 17.9 Å². The highest BCUT2D eigenvalue weighted by atomic mass is 16.5. The van der Waals surface area contributed by atoms with Gasteiger partial charge in [-0.3, -0.25) is 14.4 Å². The van der Waals surface area contributed by atoms with Gasteiger partial charge in [0.15, 0.2) is 0 Å². The van der Waals surface area contributed by atoms with Gasteiger partial charge < -0.3 is 20.7 Å². The van der Waals surface area contributed by atoms with E-state index in [0.29, 0.717) is 29.5 Å². The smallest absolute Gasteiger partial charge is 0.323 e. The fraction of sp³-hybridized carbons (Fsp3) is 0.591. The number of carbonyl (C=O) groups is 3. The zero-order valence-electron chi connectivity index (χ0n) is 18.1. The van der Waals surface area contributed by atoms with Crippen LogP contribution < -0.4 is 5.73 Å². The first kappa shape index (κ1) is 24.6. The van der Waals surface area contributed by atoms with Crippen molar-refractivity contribution >= 4 is 17.9 Å². The Morgan fingerprint density at radius 2 is 1.45 bits per heavy atom. The van der Waals surface area contributed by atoms with Crippen LogP contribution in [-0.4, -0.2) is 40.3 Å². The number of aliphatic carboxylic acids is 2. The first-order valence-electron chi connectivity index (χ1n) is 9.85. The third-order valence-electron chi connectivity index (χ3n) is 5.45. The number of rotatable bonds is 10. The summed E-state index contributed by atoms with van der Waals surface area (Å²) in [6.45, 7) is 9.97. The van der Waals surface area contributed by atoms with Gasteiger partial charge in [-0.2, -0.15) is 0 Å². The van der Waals surface area contributed by atoms with Gasteiger partial charge in [-0.1, -0.05) is 32.0 Å². The third kappa shape index (κ3) is 5.56. The monoisotopic (exact) mass is 407 g/mol. The maximum atomic E-state index is 12.3. The van der Waals surface area contributed by atoms with Gasteiger partial charge in [-0.15, -0.1) is 0 Å². The standard InChI is InChI=1S/C22H33NO6/c1-7-14(8-2)29-18(24)17(23)12-13-9-10-15(21(3,4)19(25)26)16(11-13)22(5,6)20(27)28/h9-11,14,17H,7-8,12,23H2,1-6H3,(H,25,26)(H,27,28). The van der Waals surface area contributed by atoms with Crippen molar-refractivity contribution in [2.45, 2.75) is 83.8 Å². The molecule has 162 valence electrons. The van der Waals surface area contributed by atoms with Crippen LogP contribution in [0.2, 0.25) is 0 Å². The Kier molecular flexibility index (Phi) is 7.98. The molecule has 0 aliphatic carbocycles. The van der Waals surface area contributed by atoms with Crippen LogP contribution in [0.4, 0.5) is 0 Å². The first-order valence-corrected chi connectivity index (χ1v) is 9.85. The van der Waals surface area contributed by atoms with Gasteiger partial charge in [0.05, 0.1) is 10.8 Å². The maximum absolute atomic E-state index is 12.3. The predicted molar refractivity (Wildman–Crippen MR) is 110 cm³/mol. The molecule has 0 radical (unpaired) electrons. The minimum absolute atomic E-state index is 0.162. The molecule has 0 bridgehead atoms. The van der Waals surface area contributed by atoms with Crippen LogP contribution in [0.25, 0.3) is 0 Å². The molecule has 1 aromatic carbocycles. The molecule has 29 heavy (non-hydrogen) atoms. The zero-order chi connectivity index (χ0) is 22.6. The highest BCUT2D eigenvalue weighted by Crippen LogP contribution is 2.35.